The average Bonchev–Trinajstić information content (AvgIpc) is 2.64. The molecule has 2 heterocycles. The summed E-state index contributed by atoms with van der Waals surface area (Å²) in [5.74, 6) is 0.387. The van der Waals surface area contributed by atoms with Crippen molar-refractivity contribution in [3.63, 3.8) is 0 Å². The summed E-state index contributed by atoms with van der Waals surface area (Å²) < 4.78 is 2.76. The lowest BCUT2D eigenvalue weighted by atomic mass is 10.3. The molecule has 4 nitrogen and oxygen atoms in total. The minimum atomic E-state index is 0.387. The van der Waals surface area contributed by atoms with Crippen LogP contribution < -0.4 is 5.73 Å². The van der Waals surface area contributed by atoms with Crippen LogP contribution in [0.5, 0.6) is 0 Å². The highest BCUT2D eigenvalue weighted by Gasteiger charge is 2.11. The van der Waals surface area contributed by atoms with E-state index >= 15 is 0 Å². The van der Waals surface area contributed by atoms with Crippen molar-refractivity contribution in [2.24, 2.45) is 0 Å². The van der Waals surface area contributed by atoms with Crippen LogP contribution in [0.1, 0.15) is 0 Å². The Bertz CT molecular complexity index is 738. The second-order valence-corrected chi connectivity index (χ2v) is 5.13. The van der Waals surface area contributed by atoms with Gasteiger partial charge in [0.1, 0.15) is 5.52 Å². The molecule has 90 valence electrons. The summed E-state index contributed by atoms with van der Waals surface area (Å²) in [6.07, 6.45) is 1.58. The van der Waals surface area contributed by atoms with Crippen LogP contribution in [-0.4, -0.2) is 14.5 Å². The lowest BCUT2D eigenvalue weighted by Crippen LogP contribution is -2.01. The highest BCUT2D eigenvalue weighted by Crippen LogP contribution is 2.24. The molecule has 0 saturated carbocycles. The van der Waals surface area contributed by atoms with Gasteiger partial charge >= 0.3 is 0 Å². The van der Waals surface area contributed by atoms with E-state index in [1.165, 1.54) is 0 Å². The Labute approximate surface area is 117 Å². The Hall–Kier alpha value is -1.59. The van der Waals surface area contributed by atoms with Crippen molar-refractivity contribution in [2.75, 3.05) is 5.73 Å². The monoisotopic (exact) mass is 322 g/mol. The summed E-state index contributed by atoms with van der Waals surface area (Å²) in [5.41, 5.74) is 8.21. The Morgan fingerprint density at radius 3 is 2.89 bits per heavy atom. The molecule has 0 aliphatic carbocycles. The first kappa shape index (κ1) is 11.5. The van der Waals surface area contributed by atoms with Crippen LogP contribution in [-0.2, 0) is 0 Å². The third-order valence-corrected chi connectivity index (χ3v) is 3.26. The smallest absolute Gasteiger partial charge is 0.207 e. The maximum Gasteiger partial charge on any atom is 0.207 e. The quantitative estimate of drug-likeness (QED) is 0.746. The number of nitrogens with zero attached hydrogens (tertiary/aromatic N) is 3. The molecular weight excluding hydrogens is 316 g/mol. The Morgan fingerprint density at radius 2 is 2.11 bits per heavy atom. The first-order chi connectivity index (χ1) is 8.65. The van der Waals surface area contributed by atoms with Gasteiger partial charge in [-0.25, -0.2) is 9.97 Å². The number of fused-ring (bicyclic) bond motifs is 1. The first-order valence-electron chi connectivity index (χ1n) is 5.20. The molecule has 3 aromatic rings. The average molecular weight is 324 g/mol. The van der Waals surface area contributed by atoms with Crippen LogP contribution in [0, 0.1) is 0 Å². The van der Waals surface area contributed by atoms with E-state index in [-0.39, 0.29) is 0 Å². The SMILES string of the molecule is Nc1nc2cc(Cl)cnc2n1-c1cccc(Br)c1. The Kier molecular flexibility index (Phi) is 2.72. The summed E-state index contributed by atoms with van der Waals surface area (Å²) in [4.78, 5) is 8.54. The summed E-state index contributed by atoms with van der Waals surface area (Å²) >= 11 is 9.32. The number of nitrogen functional groups attached to an aromatic ring is 1. The van der Waals surface area contributed by atoms with E-state index in [1.807, 2.05) is 24.3 Å². The number of imidazole rings is 1. The third-order valence-electron chi connectivity index (χ3n) is 2.56. The first-order valence-corrected chi connectivity index (χ1v) is 6.37. The van der Waals surface area contributed by atoms with Crippen LogP contribution in [0.25, 0.3) is 16.9 Å². The molecule has 2 aromatic heterocycles. The van der Waals surface area contributed by atoms with Gasteiger partial charge in [0.15, 0.2) is 5.65 Å². The molecule has 0 saturated heterocycles. The summed E-state index contributed by atoms with van der Waals surface area (Å²) in [7, 11) is 0. The minimum Gasteiger partial charge on any atom is -0.369 e. The van der Waals surface area contributed by atoms with Crippen molar-refractivity contribution in [2.45, 2.75) is 0 Å². The fraction of sp³-hybridized carbons (Fsp3) is 0. The highest BCUT2D eigenvalue weighted by atomic mass is 79.9. The fourth-order valence-electron chi connectivity index (χ4n) is 1.83. The largest absolute Gasteiger partial charge is 0.369 e. The molecule has 0 amide bonds. The number of benzene rings is 1. The van der Waals surface area contributed by atoms with Crippen molar-refractivity contribution >= 4 is 44.6 Å². The van der Waals surface area contributed by atoms with Gasteiger partial charge in [-0.3, -0.25) is 4.57 Å². The van der Waals surface area contributed by atoms with Crippen molar-refractivity contribution in [3.8, 4) is 5.69 Å². The van der Waals surface area contributed by atoms with Crippen molar-refractivity contribution in [3.05, 3.63) is 46.0 Å². The standard InChI is InChI=1S/C12H8BrClN4/c13-7-2-1-3-9(4-7)18-11-10(17-12(18)15)5-8(14)6-16-11/h1-6H,(H2,15,17). The van der Waals surface area contributed by atoms with Crippen LogP contribution in [0.3, 0.4) is 0 Å². The fourth-order valence-corrected chi connectivity index (χ4v) is 2.37. The molecule has 0 radical (unpaired) electrons. The van der Waals surface area contributed by atoms with Crippen molar-refractivity contribution < 1.29 is 0 Å². The molecule has 0 unspecified atom stereocenters. The number of nitrogens with two attached hydrogens (primary N) is 1. The lowest BCUT2D eigenvalue weighted by Gasteiger charge is -2.05. The van der Waals surface area contributed by atoms with E-state index in [0.29, 0.717) is 22.1 Å². The summed E-state index contributed by atoms with van der Waals surface area (Å²) in [6, 6.07) is 9.52. The van der Waals surface area contributed by atoms with Gasteiger partial charge in [-0.05, 0) is 24.3 Å². The van der Waals surface area contributed by atoms with Crippen LogP contribution in [0.4, 0.5) is 5.95 Å². The lowest BCUT2D eigenvalue weighted by molar-refractivity contribution is 1.08. The van der Waals surface area contributed by atoms with E-state index in [2.05, 4.69) is 25.9 Å². The molecule has 2 N–H and O–H groups in total. The summed E-state index contributed by atoms with van der Waals surface area (Å²) in [5, 5.41) is 0.543. The van der Waals surface area contributed by atoms with E-state index < -0.39 is 0 Å². The predicted molar refractivity (Wildman–Crippen MR) is 76.0 cm³/mol. The second-order valence-electron chi connectivity index (χ2n) is 3.78. The molecule has 0 fully saturated rings. The zero-order valence-corrected chi connectivity index (χ0v) is 11.5. The zero-order chi connectivity index (χ0) is 12.7. The number of anilines is 1. The number of halogens is 2. The minimum absolute atomic E-state index is 0.387. The van der Waals surface area contributed by atoms with Gasteiger partial charge in [0, 0.05) is 10.7 Å². The van der Waals surface area contributed by atoms with Gasteiger partial charge < -0.3 is 5.73 Å². The van der Waals surface area contributed by atoms with Gasteiger partial charge in [0.25, 0.3) is 0 Å². The molecule has 0 spiro atoms. The number of hydrogen-bond donors (Lipinski definition) is 1. The number of aromatic nitrogens is 3. The second kappa shape index (κ2) is 4.26. The molecule has 0 aliphatic rings. The number of pyridine rings is 1. The maximum atomic E-state index is 5.94. The van der Waals surface area contributed by atoms with Crippen LogP contribution in [0.15, 0.2) is 41.0 Å². The normalized spacial score (nSPS) is 11.0. The van der Waals surface area contributed by atoms with Crippen LogP contribution >= 0.6 is 27.5 Å². The summed E-state index contributed by atoms with van der Waals surface area (Å²) in [6.45, 7) is 0. The van der Waals surface area contributed by atoms with Crippen LogP contribution in [0.2, 0.25) is 5.02 Å². The Morgan fingerprint density at radius 1 is 1.28 bits per heavy atom. The maximum absolute atomic E-state index is 5.94. The van der Waals surface area contributed by atoms with Gasteiger partial charge in [0.05, 0.1) is 10.7 Å². The van der Waals surface area contributed by atoms with Crippen molar-refractivity contribution in [1.29, 1.82) is 0 Å². The Balaban J connectivity index is 2.32. The van der Waals surface area contributed by atoms with E-state index in [1.54, 1.807) is 16.8 Å². The van der Waals surface area contributed by atoms with E-state index in [4.69, 9.17) is 17.3 Å². The molecule has 3 rings (SSSR count). The molecule has 0 atom stereocenters. The highest BCUT2D eigenvalue weighted by molar-refractivity contribution is 9.10. The molecule has 18 heavy (non-hydrogen) atoms. The molecule has 0 aliphatic heterocycles. The molecule has 1 aromatic carbocycles. The number of hydrogen-bond acceptors (Lipinski definition) is 3. The van der Waals surface area contributed by atoms with E-state index in [0.717, 1.165) is 10.2 Å². The zero-order valence-electron chi connectivity index (χ0n) is 9.14. The predicted octanol–water partition coefficient (Wildman–Crippen LogP) is 3.42. The van der Waals surface area contributed by atoms with Gasteiger partial charge in [-0.1, -0.05) is 33.6 Å². The molecule has 6 heteroatoms. The van der Waals surface area contributed by atoms with E-state index in [9.17, 15) is 0 Å². The van der Waals surface area contributed by atoms with Gasteiger partial charge in [-0.15, -0.1) is 0 Å². The topological polar surface area (TPSA) is 56.7 Å². The molecular formula is C12H8BrClN4. The van der Waals surface area contributed by atoms with Gasteiger partial charge in [-0.2, -0.15) is 0 Å². The molecule has 0 bridgehead atoms. The number of rotatable bonds is 1. The van der Waals surface area contributed by atoms with Crippen molar-refractivity contribution in [1.82, 2.24) is 14.5 Å². The van der Waals surface area contributed by atoms with Gasteiger partial charge in [0.2, 0.25) is 5.95 Å². The third kappa shape index (κ3) is 1.85.